The Balaban J connectivity index is 2.23. The lowest BCUT2D eigenvalue weighted by molar-refractivity contribution is 0.0893. The summed E-state index contributed by atoms with van der Waals surface area (Å²) in [5.41, 5.74) is 0. The summed E-state index contributed by atoms with van der Waals surface area (Å²) in [5.74, 6) is 0. The molecule has 0 aromatic rings. The molecule has 0 saturated carbocycles. The van der Waals surface area contributed by atoms with Gasteiger partial charge in [-0.15, -0.1) is 0 Å². The molecular weight excluding hydrogens is 102 g/mol. The number of piperidine rings is 1. The third kappa shape index (κ3) is 1.46. The minimum atomic E-state index is -0.237. The van der Waals surface area contributed by atoms with Gasteiger partial charge in [0, 0.05) is 6.04 Å². The second-order valence-corrected chi connectivity index (χ2v) is 2.51. The van der Waals surface area contributed by atoms with Crippen molar-refractivity contribution < 1.29 is 5.11 Å². The van der Waals surface area contributed by atoms with Crippen molar-refractivity contribution in [3.8, 4) is 0 Å². The van der Waals surface area contributed by atoms with Crippen LogP contribution in [-0.2, 0) is 0 Å². The average Bonchev–Trinajstić information content (AvgIpc) is 1.64. The van der Waals surface area contributed by atoms with Gasteiger partial charge in [0.15, 0.2) is 0 Å². The van der Waals surface area contributed by atoms with Crippen molar-refractivity contribution in [2.24, 2.45) is 0 Å². The first kappa shape index (κ1) is 6.05. The van der Waals surface area contributed by atoms with E-state index < -0.39 is 0 Å². The molecule has 2 N–H and O–H groups in total. The maximum Gasteiger partial charge on any atom is 0.105 e. The maximum absolute atomic E-state index is 8.97. The Morgan fingerprint density at radius 3 is 2.62 bits per heavy atom. The predicted molar refractivity (Wildman–Crippen MR) is 32.5 cm³/mol. The van der Waals surface area contributed by atoms with Gasteiger partial charge in [-0.2, -0.15) is 0 Å². The SMILES string of the molecule is CC1CCCC(O)N1. The molecule has 1 aliphatic rings. The normalized spacial score (nSPS) is 39.8. The van der Waals surface area contributed by atoms with E-state index in [9.17, 15) is 0 Å². The zero-order chi connectivity index (χ0) is 5.98. The lowest BCUT2D eigenvalue weighted by Crippen LogP contribution is -2.40. The lowest BCUT2D eigenvalue weighted by atomic mass is 10.1. The summed E-state index contributed by atoms with van der Waals surface area (Å²) >= 11 is 0. The van der Waals surface area contributed by atoms with Gasteiger partial charge >= 0.3 is 0 Å². The number of aliphatic hydroxyl groups is 1. The van der Waals surface area contributed by atoms with Crippen LogP contribution in [0.5, 0.6) is 0 Å². The molecule has 0 amide bonds. The van der Waals surface area contributed by atoms with Gasteiger partial charge in [-0.1, -0.05) is 0 Å². The van der Waals surface area contributed by atoms with Crippen LogP contribution >= 0.6 is 0 Å². The Bertz CT molecular complexity index is 66.9. The fourth-order valence-corrected chi connectivity index (χ4v) is 1.11. The standard InChI is InChI=1S/C6H13NO/c1-5-3-2-4-6(8)7-5/h5-8H,2-4H2,1H3. The molecule has 0 spiro atoms. The Morgan fingerprint density at radius 2 is 2.25 bits per heavy atom. The molecule has 0 aromatic heterocycles. The third-order valence-electron chi connectivity index (χ3n) is 1.59. The van der Waals surface area contributed by atoms with E-state index in [1.54, 1.807) is 0 Å². The van der Waals surface area contributed by atoms with Crippen LogP contribution in [0.4, 0.5) is 0 Å². The van der Waals surface area contributed by atoms with Crippen LogP contribution in [0.15, 0.2) is 0 Å². The summed E-state index contributed by atoms with van der Waals surface area (Å²) < 4.78 is 0. The van der Waals surface area contributed by atoms with Crippen LogP contribution in [0.25, 0.3) is 0 Å². The maximum atomic E-state index is 8.97. The predicted octanol–water partition coefficient (Wildman–Crippen LogP) is 0.467. The van der Waals surface area contributed by atoms with E-state index in [0.717, 1.165) is 12.8 Å². The van der Waals surface area contributed by atoms with Gasteiger partial charge in [0.1, 0.15) is 6.23 Å². The highest BCUT2D eigenvalue weighted by atomic mass is 16.3. The summed E-state index contributed by atoms with van der Waals surface area (Å²) in [7, 11) is 0. The van der Waals surface area contributed by atoms with Crippen LogP contribution in [0.2, 0.25) is 0 Å². The zero-order valence-electron chi connectivity index (χ0n) is 5.22. The van der Waals surface area contributed by atoms with E-state index in [0.29, 0.717) is 6.04 Å². The van der Waals surface area contributed by atoms with Crippen LogP contribution in [0.3, 0.4) is 0 Å². The van der Waals surface area contributed by atoms with Crippen molar-refractivity contribution >= 4 is 0 Å². The molecule has 0 aromatic carbocycles. The summed E-state index contributed by atoms with van der Waals surface area (Å²) in [6.45, 7) is 2.10. The topological polar surface area (TPSA) is 32.3 Å². The molecule has 1 saturated heterocycles. The number of aliphatic hydroxyl groups excluding tert-OH is 1. The van der Waals surface area contributed by atoms with Crippen molar-refractivity contribution in [1.29, 1.82) is 0 Å². The van der Waals surface area contributed by atoms with Crippen LogP contribution in [0.1, 0.15) is 26.2 Å². The number of rotatable bonds is 0. The molecule has 1 heterocycles. The van der Waals surface area contributed by atoms with Crippen LogP contribution in [-0.4, -0.2) is 17.4 Å². The molecule has 2 unspecified atom stereocenters. The van der Waals surface area contributed by atoms with Crippen LogP contribution < -0.4 is 5.32 Å². The number of nitrogens with one attached hydrogen (secondary N) is 1. The van der Waals surface area contributed by atoms with Crippen molar-refractivity contribution in [3.63, 3.8) is 0 Å². The highest BCUT2D eigenvalue weighted by Gasteiger charge is 2.13. The number of hydrogen-bond acceptors (Lipinski definition) is 2. The zero-order valence-corrected chi connectivity index (χ0v) is 5.22. The molecule has 1 rings (SSSR count). The van der Waals surface area contributed by atoms with E-state index >= 15 is 0 Å². The molecule has 8 heavy (non-hydrogen) atoms. The van der Waals surface area contributed by atoms with Gasteiger partial charge in [0.2, 0.25) is 0 Å². The minimum Gasteiger partial charge on any atom is -0.379 e. The van der Waals surface area contributed by atoms with E-state index in [-0.39, 0.29) is 6.23 Å². The first-order valence-electron chi connectivity index (χ1n) is 3.23. The van der Waals surface area contributed by atoms with Crippen molar-refractivity contribution in [2.75, 3.05) is 0 Å². The Morgan fingerprint density at radius 1 is 1.50 bits per heavy atom. The smallest absolute Gasteiger partial charge is 0.105 e. The van der Waals surface area contributed by atoms with Crippen molar-refractivity contribution in [3.05, 3.63) is 0 Å². The van der Waals surface area contributed by atoms with Crippen molar-refractivity contribution in [2.45, 2.75) is 38.5 Å². The second-order valence-electron chi connectivity index (χ2n) is 2.51. The molecule has 0 radical (unpaired) electrons. The highest BCUT2D eigenvalue weighted by Crippen LogP contribution is 2.09. The van der Waals surface area contributed by atoms with Gasteiger partial charge in [-0.05, 0) is 26.2 Å². The van der Waals surface area contributed by atoms with E-state index in [1.807, 2.05) is 0 Å². The summed E-state index contributed by atoms with van der Waals surface area (Å²) in [6, 6.07) is 0.513. The summed E-state index contributed by atoms with van der Waals surface area (Å²) in [5, 5.41) is 12.0. The van der Waals surface area contributed by atoms with Gasteiger partial charge in [-0.3, -0.25) is 5.32 Å². The Kier molecular flexibility index (Phi) is 1.86. The molecular formula is C6H13NO. The van der Waals surface area contributed by atoms with Gasteiger partial charge < -0.3 is 5.11 Å². The van der Waals surface area contributed by atoms with Gasteiger partial charge in [0.25, 0.3) is 0 Å². The molecule has 2 nitrogen and oxygen atoms in total. The fraction of sp³-hybridized carbons (Fsp3) is 1.00. The first-order chi connectivity index (χ1) is 3.79. The molecule has 0 aliphatic carbocycles. The fourth-order valence-electron chi connectivity index (χ4n) is 1.11. The van der Waals surface area contributed by atoms with Gasteiger partial charge in [0.05, 0.1) is 0 Å². The molecule has 2 atom stereocenters. The Hall–Kier alpha value is -0.0800. The van der Waals surface area contributed by atoms with E-state index in [4.69, 9.17) is 5.11 Å². The van der Waals surface area contributed by atoms with E-state index in [1.165, 1.54) is 6.42 Å². The first-order valence-corrected chi connectivity index (χ1v) is 3.23. The average molecular weight is 115 g/mol. The molecule has 2 heteroatoms. The molecule has 0 bridgehead atoms. The highest BCUT2D eigenvalue weighted by molar-refractivity contribution is 4.69. The quantitative estimate of drug-likeness (QED) is 0.481. The van der Waals surface area contributed by atoms with Crippen LogP contribution in [0, 0.1) is 0 Å². The third-order valence-corrected chi connectivity index (χ3v) is 1.59. The largest absolute Gasteiger partial charge is 0.379 e. The summed E-state index contributed by atoms with van der Waals surface area (Å²) in [4.78, 5) is 0. The monoisotopic (exact) mass is 115 g/mol. The molecule has 1 aliphatic heterocycles. The minimum absolute atomic E-state index is 0.237. The van der Waals surface area contributed by atoms with E-state index in [2.05, 4.69) is 12.2 Å². The molecule has 48 valence electrons. The molecule has 1 fully saturated rings. The van der Waals surface area contributed by atoms with Gasteiger partial charge in [-0.25, -0.2) is 0 Å². The van der Waals surface area contributed by atoms with Crippen molar-refractivity contribution in [1.82, 2.24) is 5.32 Å². The summed E-state index contributed by atoms with van der Waals surface area (Å²) in [6.07, 6.45) is 3.05. The second kappa shape index (κ2) is 2.46. The number of hydrogen-bond donors (Lipinski definition) is 2. The Labute approximate surface area is 49.9 Å². The lowest BCUT2D eigenvalue weighted by Gasteiger charge is -2.24.